The Hall–Kier alpha value is -0.930. The van der Waals surface area contributed by atoms with E-state index in [1.54, 1.807) is 5.57 Å². The quantitative estimate of drug-likeness (QED) is 0.652. The van der Waals surface area contributed by atoms with Crippen LogP contribution in [0.4, 0.5) is 0 Å². The molecular weight excluding hydrogens is 314 g/mol. The summed E-state index contributed by atoms with van der Waals surface area (Å²) in [6.07, 6.45) is 8.32. The highest BCUT2D eigenvalue weighted by molar-refractivity contribution is 7.13. The molecule has 130 valence electrons. The number of ether oxygens (including phenoxy) is 1. The standard InChI is InChI=1S/C21H29NOS/c1-13(2)16-5-6-17-19-18(11-14(3)21(17,4)12-16)22-20(24-19)15-7-9-23-10-8-15/h6,14-16H,1,5,7-12H2,2-4H3/t14-,16-,21+/m1/s1. The lowest BCUT2D eigenvalue weighted by Gasteiger charge is -2.46. The molecular formula is C21H29NOS. The van der Waals surface area contributed by atoms with Gasteiger partial charge in [0.05, 0.1) is 15.6 Å². The Labute approximate surface area is 150 Å². The number of hydrogen-bond donors (Lipinski definition) is 0. The smallest absolute Gasteiger partial charge is 0.0967 e. The summed E-state index contributed by atoms with van der Waals surface area (Å²) in [4.78, 5) is 6.60. The molecule has 1 aliphatic heterocycles. The summed E-state index contributed by atoms with van der Waals surface area (Å²) in [6, 6.07) is 0. The largest absolute Gasteiger partial charge is 0.381 e. The first kappa shape index (κ1) is 16.5. The molecule has 3 atom stereocenters. The first-order chi connectivity index (χ1) is 11.5. The molecule has 2 aliphatic carbocycles. The summed E-state index contributed by atoms with van der Waals surface area (Å²) < 4.78 is 5.53. The van der Waals surface area contributed by atoms with Crippen molar-refractivity contribution in [3.63, 3.8) is 0 Å². The average molecular weight is 344 g/mol. The van der Waals surface area contributed by atoms with Crippen molar-refractivity contribution in [3.8, 4) is 0 Å². The van der Waals surface area contributed by atoms with E-state index in [0.29, 0.717) is 17.8 Å². The molecule has 4 rings (SSSR count). The van der Waals surface area contributed by atoms with Crippen LogP contribution in [0.3, 0.4) is 0 Å². The topological polar surface area (TPSA) is 22.1 Å². The molecule has 3 aliphatic rings. The van der Waals surface area contributed by atoms with Crippen LogP contribution in [0.25, 0.3) is 5.57 Å². The van der Waals surface area contributed by atoms with Gasteiger partial charge in [-0.1, -0.05) is 32.1 Å². The second-order valence-corrected chi connectivity index (χ2v) is 9.37. The van der Waals surface area contributed by atoms with E-state index in [0.717, 1.165) is 38.9 Å². The Morgan fingerprint density at radius 2 is 2.12 bits per heavy atom. The molecule has 0 saturated carbocycles. The molecule has 0 bridgehead atoms. The third-order valence-corrected chi connectivity index (χ3v) is 8.00. The van der Waals surface area contributed by atoms with E-state index in [2.05, 4.69) is 33.4 Å². The van der Waals surface area contributed by atoms with Crippen LogP contribution < -0.4 is 0 Å². The van der Waals surface area contributed by atoms with E-state index < -0.39 is 0 Å². The van der Waals surface area contributed by atoms with Crippen LogP contribution >= 0.6 is 11.3 Å². The first-order valence-electron chi connectivity index (χ1n) is 9.43. The highest BCUT2D eigenvalue weighted by atomic mass is 32.1. The minimum atomic E-state index is 0.286. The van der Waals surface area contributed by atoms with Crippen LogP contribution in [0.15, 0.2) is 18.2 Å². The molecule has 0 aromatic carbocycles. The van der Waals surface area contributed by atoms with Gasteiger partial charge in [0, 0.05) is 19.1 Å². The van der Waals surface area contributed by atoms with Gasteiger partial charge in [-0.2, -0.15) is 0 Å². The Balaban J connectivity index is 1.71. The van der Waals surface area contributed by atoms with E-state index in [1.165, 1.54) is 27.6 Å². The van der Waals surface area contributed by atoms with Crippen LogP contribution in [0.2, 0.25) is 0 Å². The van der Waals surface area contributed by atoms with E-state index in [4.69, 9.17) is 9.72 Å². The van der Waals surface area contributed by atoms with Gasteiger partial charge >= 0.3 is 0 Å². The van der Waals surface area contributed by atoms with Gasteiger partial charge in [-0.15, -0.1) is 11.3 Å². The molecule has 1 aromatic heterocycles. The number of rotatable bonds is 2. The van der Waals surface area contributed by atoms with Gasteiger partial charge < -0.3 is 4.74 Å². The minimum Gasteiger partial charge on any atom is -0.381 e. The summed E-state index contributed by atoms with van der Waals surface area (Å²) >= 11 is 1.98. The van der Waals surface area contributed by atoms with Crippen LogP contribution in [-0.4, -0.2) is 18.2 Å². The second kappa shape index (κ2) is 6.10. The molecule has 0 unspecified atom stereocenters. The molecule has 0 spiro atoms. The van der Waals surface area contributed by atoms with E-state index >= 15 is 0 Å². The Bertz CT molecular complexity index is 682. The Morgan fingerprint density at radius 3 is 2.83 bits per heavy atom. The highest BCUT2D eigenvalue weighted by Crippen LogP contribution is 2.57. The number of hydrogen-bond acceptors (Lipinski definition) is 3. The normalized spacial score (nSPS) is 33.5. The highest BCUT2D eigenvalue weighted by Gasteiger charge is 2.45. The number of allylic oxidation sites excluding steroid dienone is 3. The fraction of sp³-hybridized carbons (Fsp3) is 0.667. The average Bonchev–Trinajstić information content (AvgIpc) is 2.99. The number of aromatic nitrogens is 1. The van der Waals surface area contributed by atoms with Crippen LogP contribution in [0, 0.1) is 17.3 Å². The zero-order valence-electron chi connectivity index (χ0n) is 15.2. The van der Waals surface area contributed by atoms with E-state index in [-0.39, 0.29) is 5.41 Å². The van der Waals surface area contributed by atoms with Crippen molar-refractivity contribution in [2.45, 2.75) is 58.8 Å². The fourth-order valence-corrected chi connectivity index (χ4v) is 6.19. The second-order valence-electron chi connectivity index (χ2n) is 8.34. The van der Waals surface area contributed by atoms with Crippen molar-refractivity contribution >= 4 is 16.9 Å². The van der Waals surface area contributed by atoms with Crippen molar-refractivity contribution in [1.29, 1.82) is 0 Å². The molecule has 2 nitrogen and oxygen atoms in total. The van der Waals surface area contributed by atoms with Crippen LogP contribution in [-0.2, 0) is 11.2 Å². The zero-order valence-corrected chi connectivity index (χ0v) is 16.0. The third kappa shape index (κ3) is 2.61. The van der Waals surface area contributed by atoms with E-state index in [9.17, 15) is 0 Å². The molecule has 1 saturated heterocycles. The summed E-state index contributed by atoms with van der Waals surface area (Å²) in [5.41, 5.74) is 4.58. The molecule has 24 heavy (non-hydrogen) atoms. The molecule has 0 N–H and O–H groups in total. The lowest BCUT2D eigenvalue weighted by Crippen LogP contribution is -2.36. The van der Waals surface area contributed by atoms with Gasteiger partial charge in [0.25, 0.3) is 0 Å². The molecule has 0 amide bonds. The zero-order chi connectivity index (χ0) is 16.9. The SMILES string of the molecule is C=C(C)[C@@H]1CC=C2c3sc(C4CCOCC4)nc3C[C@@H](C)[C@]2(C)C1. The van der Waals surface area contributed by atoms with Gasteiger partial charge in [-0.05, 0) is 61.9 Å². The summed E-state index contributed by atoms with van der Waals surface area (Å²) in [6.45, 7) is 13.1. The van der Waals surface area contributed by atoms with E-state index in [1.807, 2.05) is 11.3 Å². The van der Waals surface area contributed by atoms with Gasteiger partial charge in [0.1, 0.15) is 0 Å². The lowest BCUT2D eigenvalue weighted by atomic mass is 9.59. The van der Waals surface area contributed by atoms with Crippen molar-refractivity contribution < 1.29 is 4.74 Å². The maximum absolute atomic E-state index is 5.53. The maximum Gasteiger partial charge on any atom is 0.0967 e. The van der Waals surface area contributed by atoms with Crippen molar-refractivity contribution in [2.24, 2.45) is 17.3 Å². The third-order valence-electron chi connectivity index (χ3n) is 6.71. The Kier molecular flexibility index (Phi) is 4.20. The lowest BCUT2D eigenvalue weighted by molar-refractivity contribution is 0.0852. The van der Waals surface area contributed by atoms with Gasteiger partial charge in [-0.3, -0.25) is 0 Å². The first-order valence-corrected chi connectivity index (χ1v) is 10.2. The maximum atomic E-state index is 5.53. The molecule has 0 radical (unpaired) electrons. The minimum absolute atomic E-state index is 0.286. The fourth-order valence-electron chi connectivity index (χ4n) is 4.75. The molecule has 1 fully saturated rings. The number of fused-ring (bicyclic) bond motifs is 3. The molecule has 2 heterocycles. The monoisotopic (exact) mass is 343 g/mol. The summed E-state index contributed by atoms with van der Waals surface area (Å²) in [5.74, 6) is 1.91. The van der Waals surface area contributed by atoms with Crippen molar-refractivity contribution in [3.05, 3.63) is 33.8 Å². The summed E-state index contributed by atoms with van der Waals surface area (Å²) in [5, 5.41) is 1.36. The Morgan fingerprint density at radius 1 is 1.38 bits per heavy atom. The molecule has 1 aromatic rings. The number of nitrogens with zero attached hydrogens (tertiary/aromatic N) is 1. The summed E-state index contributed by atoms with van der Waals surface area (Å²) in [7, 11) is 0. The van der Waals surface area contributed by atoms with Gasteiger partial charge in [0.2, 0.25) is 0 Å². The van der Waals surface area contributed by atoms with Crippen molar-refractivity contribution in [2.75, 3.05) is 13.2 Å². The van der Waals surface area contributed by atoms with Crippen LogP contribution in [0.1, 0.15) is 68.0 Å². The van der Waals surface area contributed by atoms with Crippen molar-refractivity contribution in [1.82, 2.24) is 4.98 Å². The number of thiazole rings is 1. The predicted octanol–water partition coefficient (Wildman–Crippen LogP) is 5.61. The van der Waals surface area contributed by atoms with Gasteiger partial charge in [-0.25, -0.2) is 4.98 Å². The van der Waals surface area contributed by atoms with Crippen LogP contribution in [0.5, 0.6) is 0 Å². The predicted molar refractivity (Wildman–Crippen MR) is 101 cm³/mol. The molecule has 3 heteroatoms. The van der Waals surface area contributed by atoms with Gasteiger partial charge in [0.15, 0.2) is 0 Å².